The van der Waals surface area contributed by atoms with E-state index in [0.717, 1.165) is 18.2 Å². The zero-order chi connectivity index (χ0) is 15.6. The average Bonchev–Trinajstić information content (AvgIpc) is 2.40. The second-order valence-corrected chi connectivity index (χ2v) is 4.55. The third kappa shape index (κ3) is 3.81. The van der Waals surface area contributed by atoms with Crippen molar-refractivity contribution in [2.24, 2.45) is 0 Å². The highest BCUT2D eigenvalue weighted by atomic mass is 35.5. The number of hydrogen-bond acceptors (Lipinski definition) is 2. The van der Waals surface area contributed by atoms with Crippen LogP contribution < -0.4 is 5.32 Å². The normalized spacial score (nSPS) is 11.5. The minimum absolute atomic E-state index is 0.00719. The van der Waals surface area contributed by atoms with Gasteiger partial charge in [-0.3, -0.25) is 0 Å². The molecular weight excluding hydrogens is 315 g/mol. The van der Waals surface area contributed by atoms with Gasteiger partial charge in [0.15, 0.2) is 0 Å². The van der Waals surface area contributed by atoms with Crippen molar-refractivity contribution >= 4 is 17.4 Å². The van der Waals surface area contributed by atoms with Gasteiger partial charge in [0.2, 0.25) is 0 Å². The molecule has 1 aromatic heterocycles. The quantitative estimate of drug-likeness (QED) is 0.832. The minimum atomic E-state index is -4.55. The summed E-state index contributed by atoms with van der Waals surface area (Å²) in [7, 11) is 0. The van der Waals surface area contributed by atoms with Crippen molar-refractivity contribution in [3.8, 4) is 0 Å². The molecule has 0 saturated heterocycles. The summed E-state index contributed by atoms with van der Waals surface area (Å²) >= 11 is 5.68. The summed E-state index contributed by atoms with van der Waals surface area (Å²) in [5.74, 6) is -1.32. The molecule has 0 spiro atoms. The summed E-state index contributed by atoms with van der Waals surface area (Å²) < 4.78 is 63.7. The Morgan fingerprint density at radius 3 is 2.48 bits per heavy atom. The highest BCUT2D eigenvalue weighted by molar-refractivity contribution is 6.32. The smallest absolute Gasteiger partial charge is 0.365 e. The summed E-state index contributed by atoms with van der Waals surface area (Å²) in [4.78, 5) is 3.53. The number of aromatic nitrogens is 1. The average molecular weight is 323 g/mol. The molecule has 0 unspecified atom stereocenters. The number of nitrogens with zero attached hydrogens (tertiary/aromatic N) is 1. The Kier molecular flexibility index (Phi) is 4.32. The Hall–Kier alpha value is -1.89. The van der Waals surface area contributed by atoms with E-state index in [1.165, 1.54) is 0 Å². The van der Waals surface area contributed by atoms with Gasteiger partial charge in [-0.1, -0.05) is 11.6 Å². The van der Waals surface area contributed by atoms with Gasteiger partial charge in [0.1, 0.15) is 17.5 Å². The molecule has 2 rings (SSSR count). The first kappa shape index (κ1) is 15.5. The molecular formula is C13H8ClF5N2. The summed E-state index contributed by atoms with van der Waals surface area (Å²) in [6, 6.07) is 3.59. The second-order valence-electron chi connectivity index (χ2n) is 4.14. The Morgan fingerprint density at radius 2 is 1.86 bits per heavy atom. The maximum Gasteiger partial charge on any atom is 0.417 e. The first-order valence-electron chi connectivity index (χ1n) is 5.68. The number of halogens is 6. The Balaban J connectivity index is 2.15. The van der Waals surface area contributed by atoms with Crippen molar-refractivity contribution in [2.45, 2.75) is 12.7 Å². The SMILES string of the molecule is Fc1ccc(F)c(CNc2ncc(C(F)(F)F)cc2Cl)c1. The second kappa shape index (κ2) is 5.85. The molecule has 1 heterocycles. The zero-order valence-electron chi connectivity index (χ0n) is 10.3. The lowest BCUT2D eigenvalue weighted by Crippen LogP contribution is -2.08. The Bertz CT molecular complexity index is 657. The van der Waals surface area contributed by atoms with Crippen LogP contribution >= 0.6 is 11.6 Å². The fourth-order valence-electron chi connectivity index (χ4n) is 1.58. The van der Waals surface area contributed by atoms with Crippen molar-refractivity contribution in [1.82, 2.24) is 4.98 Å². The molecule has 0 aliphatic rings. The van der Waals surface area contributed by atoms with E-state index in [-0.39, 0.29) is 22.9 Å². The minimum Gasteiger partial charge on any atom is -0.365 e. The van der Waals surface area contributed by atoms with Gasteiger partial charge < -0.3 is 5.32 Å². The topological polar surface area (TPSA) is 24.9 Å². The van der Waals surface area contributed by atoms with Gasteiger partial charge in [-0.25, -0.2) is 13.8 Å². The lowest BCUT2D eigenvalue weighted by atomic mass is 10.2. The van der Waals surface area contributed by atoms with Crippen LogP contribution in [0.5, 0.6) is 0 Å². The standard InChI is InChI=1S/C13H8ClF5N2/c14-10-4-8(13(17,18)19)6-21-12(10)20-5-7-3-9(15)1-2-11(7)16/h1-4,6H,5H2,(H,20,21). The molecule has 0 atom stereocenters. The van der Waals surface area contributed by atoms with Gasteiger partial charge in [-0.05, 0) is 24.3 Å². The molecule has 21 heavy (non-hydrogen) atoms. The number of anilines is 1. The monoisotopic (exact) mass is 322 g/mol. The predicted molar refractivity (Wildman–Crippen MR) is 67.9 cm³/mol. The molecule has 1 N–H and O–H groups in total. The lowest BCUT2D eigenvalue weighted by molar-refractivity contribution is -0.137. The van der Waals surface area contributed by atoms with Crippen LogP contribution in [-0.2, 0) is 12.7 Å². The molecule has 0 aliphatic carbocycles. The third-order valence-corrected chi connectivity index (χ3v) is 2.91. The van der Waals surface area contributed by atoms with Crippen LogP contribution in [-0.4, -0.2) is 4.98 Å². The summed E-state index contributed by atoms with van der Waals surface area (Å²) in [5, 5.41) is 2.30. The van der Waals surface area contributed by atoms with Crippen molar-refractivity contribution in [3.63, 3.8) is 0 Å². The molecule has 0 fully saturated rings. The first-order valence-corrected chi connectivity index (χ1v) is 6.05. The lowest BCUT2D eigenvalue weighted by Gasteiger charge is -2.11. The Morgan fingerprint density at radius 1 is 1.14 bits per heavy atom. The van der Waals surface area contributed by atoms with Crippen LogP contribution in [0.3, 0.4) is 0 Å². The predicted octanol–water partition coefficient (Wildman–Crippen LogP) is 4.64. The molecule has 1 aromatic carbocycles. The Labute approximate surface area is 121 Å². The summed E-state index contributed by atoms with van der Waals surface area (Å²) in [6.07, 6.45) is -3.94. The molecule has 0 bridgehead atoms. The van der Waals surface area contributed by atoms with Crippen molar-refractivity contribution in [1.29, 1.82) is 0 Å². The summed E-state index contributed by atoms with van der Waals surface area (Å²) in [5.41, 5.74) is -0.984. The highest BCUT2D eigenvalue weighted by Gasteiger charge is 2.31. The molecule has 112 valence electrons. The van der Waals surface area contributed by atoms with Crippen LogP contribution in [0.1, 0.15) is 11.1 Å². The third-order valence-electron chi connectivity index (χ3n) is 2.62. The largest absolute Gasteiger partial charge is 0.417 e. The van der Waals surface area contributed by atoms with E-state index in [0.29, 0.717) is 12.3 Å². The van der Waals surface area contributed by atoms with Crippen LogP contribution in [0.2, 0.25) is 5.02 Å². The van der Waals surface area contributed by atoms with E-state index in [2.05, 4.69) is 10.3 Å². The molecule has 0 amide bonds. The van der Waals surface area contributed by atoms with Crippen molar-refractivity contribution in [2.75, 3.05) is 5.32 Å². The summed E-state index contributed by atoms with van der Waals surface area (Å²) in [6.45, 7) is -0.165. The first-order chi connectivity index (χ1) is 9.77. The number of hydrogen-bond donors (Lipinski definition) is 1. The molecule has 2 aromatic rings. The molecule has 2 nitrogen and oxygen atoms in total. The fraction of sp³-hybridized carbons (Fsp3) is 0.154. The number of alkyl halides is 3. The van der Waals surface area contributed by atoms with Crippen molar-refractivity contribution in [3.05, 3.63) is 58.2 Å². The number of pyridine rings is 1. The molecule has 0 aliphatic heterocycles. The van der Waals surface area contributed by atoms with Crippen LogP contribution in [0.15, 0.2) is 30.5 Å². The fourth-order valence-corrected chi connectivity index (χ4v) is 1.81. The number of benzene rings is 1. The van der Waals surface area contributed by atoms with Gasteiger partial charge in [-0.2, -0.15) is 13.2 Å². The number of rotatable bonds is 3. The van der Waals surface area contributed by atoms with E-state index in [1.54, 1.807) is 0 Å². The van der Waals surface area contributed by atoms with Gasteiger partial charge in [0, 0.05) is 18.3 Å². The van der Waals surface area contributed by atoms with Gasteiger partial charge in [-0.15, -0.1) is 0 Å². The van der Waals surface area contributed by atoms with E-state index < -0.39 is 23.4 Å². The van der Waals surface area contributed by atoms with Crippen LogP contribution in [0, 0.1) is 11.6 Å². The maximum atomic E-state index is 13.4. The molecule has 0 radical (unpaired) electrons. The molecule has 0 saturated carbocycles. The maximum absolute atomic E-state index is 13.4. The molecule has 8 heteroatoms. The van der Waals surface area contributed by atoms with E-state index >= 15 is 0 Å². The highest BCUT2D eigenvalue weighted by Crippen LogP contribution is 2.32. The zero-order valence-corrected chi connectivity index (χ0v) is 11.1. The van der Waals surface area contributed by atoms with Crippen LogP contribution in [0.25, 0.3) is 0 Å². The number of nitrogens with one attached hydrogen (secondary N) is 1. The van der Waals surface area contributed by atoms with Gasteiger partial charge in [0.05, 0.1) is 10.6 Å². The van der Waals surface area contributed by atoms with Gasteiger partial charge >= 0.3 is 6.18 Å². The van der Waals surface area contributed by atoms with Gasteiger partial charge in [0.25, 0.3) is 0 Å². The van der Waals surface area contributed by atoms with Crippen LogP contribution in [0.4, 0.5) is 27.8 Å². The van der Waals surface area contributed by atoms with E-state index in [9.17, 15) is 22.0 Å². The van der Waals surface area contributed by atoms with Crippen molar-refractivity contribution < 1.29 is 22.0 Å². The van der Waals surface area contributed by atoms with E-state index in [1.807, 2.05) is 0 Å². The van der Waals surface area contributed by atoms with E-state index in [4.69, 9.17) is 11.6 Å².